The van der Waals surface area contributed by atoms with Crippen LogP contribution >= 0.6 is 0 Å². The number of carbonyl (C=O) groups excluding carboxylic acids is 1. The van der Waals surface area contributed by atoms with E-state index in [1.807, 2.05) is 43.5 Å². The fourth-order valence-electron chi connectivity index (χ4n) is 2.43. The van der Waals surface area contributed by atoms with E-state index in [-0.39, 0.29) is 11.9 Å². The Morgan fingerprint density at radius 2 is 2.13 bits per heavy atom. The molecule has 0 fully saturated rings. The summed E-state index contributed by atoms with van der Waals surface area (Å²) < 4.78 is 3.44. The molecular formula is C16H18N6O. The van der Waals surface area contributed by atoms with E-state index in [1.165, 1.54) is 6.33 Å². The number of aryl methyl sites for hydroxylation is 1. The Balaban J connectivity index is 1.66. The number of hydrogen-bond donors (Lipinski definition) is 1. The summed E-state index contributed by atoms with van der Waals surface area (Å²) in [6, 6.07) is 9.66. The molecule has 0 aliphatic rings. The molecule has 3 aromatic rings. The summed E-state index contributed by atoms with van der Waals surface area (Å²) in [6.07, 6.45) is 7.04. The molecule has 1 amide bonds. The first kappa shape index (κ1) is 15.0. The number of rotatable bonds is 6. The summed E-state index contributed by atoms with van der Waals surface area (Å²) >= 11 is 0. The molecule has 1 unspecified atom stereocenters. The molecule has 0 bridgehead atoms. The zero-order valence-electron chi connectivity index (χ0n) is 12.8. The molecule has 7 heteroatoms. The van der Waals surface area contributed by atoms with E-state index in [2.05, 4.69) is 20.5 Å². The minimum Gasteiger partial charge on any atom is -0.349 e. The standard InChI is InChI=1S/C16H18N6O/c1-13(20-16(23)7-10-21-12-17-11-19-21)14-5-2-3-6-15(14)22-9-4-8-18-22/h2-6,8-9,11-13H,7,10H2,1H3,(H,20,23). The molecule has 0 spiro atoms. The summed E-state index contributed by atoms with van der Waals surface area (Å²) in [6.45, 7) is 2.48. The minimum absolute atomic E-state index is 0.0248. The normalized spacial score (nSPS) is 12.0. The van der Waals surface area contributed by atoms with E-state index in [1.54, 1.807) is 21.9 Å². The third-order valence-electron chi connectivity index (χ3n) is 3.57. The first-order valence-electron chi connectivity index (χ1n) is 7.45. The molecule has 1 atom stereocenters. The lowest BCUT2D eigenvalue weighted by Gasteiger charge is -2.18. The van der Waals surface area contributed by atoms with Gasteiger partial charge < -0.3 is 5.32 Å². The van der Waals surface area contributed by atoms with Crippen LogP contribution in [0.15, 0.2) is 55.4 Å². The smallest absolute Gasteiger partial charge is 0.222 e. The molecule has 2 heterocycles. The van der Waals surface area contributed by atoms with Gasteiger partial charge in [0.05, 0.1) is 18.3 Å². The second-order valence-electron chi connectivity index (χ2n) is 5.21. The Morgan fingerprint density at radius 3 is 2.87 bits per heavy atom. The first-order chi connectivity index (χ1) is 11.2. The maximum Gasteiger partial charge on any atom is 0.222 e. The van der Waals surface area contributed by atoms with Gasteiger partial charge in [0.25, 0.3) is 0 Å². The Hall–Kier alpha value is -2.96. The molecule has 23 heavy (non-hydrogen) atoms. The topological polar surface area (TPSA) is 77.6 Å². The molecule has 0 aliphatic heterocycles. The van der Waals surface area contributed by atoms with Crippen molar-refractivity contribution in [3.05, 3.63) is 60.9 Å². The SMILES string of the molecule is CC(NC(=O)CCn1cncn1)c1ccccc1-n1cccn1. The van der Waals surface area contributed by atoms with E-state index in [9.17, 15) is 4.79 Å². The van der Waals surface area contributed by atoms with E-state index < -0.39 is 0 Å². The lowest BCUT2D eigenvalue weighted by atomic mass is 10.1. The van der Waals surface area contributed by atoms with Gasteiger partial charge in [-0.1, -0.05) is 18.2 Å². The van der Waals surface area contributed by atoms with Crippen molar-refractivity contribution < 1.29 is 4.79 Å². The minimum atomic E-state index is -0.112. The lowest BCUT2D eigenvalue weighted by molar-refractivity contribution is -0.122. The number of carbonyl (C=O) groups is 1. The molecule has 3 rings (SSSR count). The zero-order chi connectivity index (χ0) is 16.1. The van der Waals surface area contributed by atoms with Crippen molar-refractivity contribution in [1.82, 2.24) is 29.9 Å². The maximum absolute atomic E-state index is 12.1. The molecule has 1 N–H and O–H groups in total. The summed E-state index contributed by atoms with van der Waals surface area (Å²) in [5.74, 6) is -0.0248. The average Bonchev–Trinajstić information content (AvgIpc) is 3.26. The fourth-order valence-corrected chi connectivity index (χ4v) is 2.43. The summed E-state index contributed by atoms with van der Waals surface area (Å²) in [5, 5.41) is 11.3. The number of para-hydroxylation sites is 1. The number of nitrogens with zero attached hydrogens (tertiary/aromatic N) is 5. The molecule has 0 radical (unpaired) electrons. The van der Waals surface area contributed by atoms with Crippen molar-refractivity contribution in [2.45, 2.75) is 25.9 Å². The van der Waals surface area contributed by atoms with Crippen LogP contribution in [0.5, 0.6) is 0 Å². The Kier molecular flexibility index (Phi) is 4.46. The Morgan fingerprint density at radius 1 is 1.26 bits per heavy atom. The van der Waals surface area contributed by atoms with Crippen LogP contribution in [0.3, 0.4) is 0 Å². The van der Waals surface area contributed by atoms with Crippen LogP contribution in [0.25, 0.3) is 5.69 Å². The number of aromatic nitrogens is 5. The van der Waals surface area contributed by atoms with Gasteiger partial charge in [-0.15, -0.1) is 0 Å². The van der Waals surface area contributed by atoms with Gasteiger partial charge in [0, 0.05) is 18.8 Å². The number of amides is 1. The third-order valence-corrected chi connectivity index (χ3v) is 3.57. The average molecular weight is 310 g/mol. The van der Waals surface area contributed by atoms with Crippen molar-refractivity contribution in [1.29, 1.82) is 0 Å². The molecular weight excluding hydrogens is 292 g/mol. The molecule has 0 saturated carbocycles. The van der Waals surface area contributed by atoms with Crippen molar-refractivity contribution in [2.24, 2.45) is 0 Å². The first-order valence-corrected chi connectivity index (χ1v) is 7.45. The third kappa shape index (κ3) is 3.63. The van der Waals surface area contributed by atoms with Gasteiger partial charge in [-0.3, -0.25) is 9.48 Å². The van der Waals surface area contributed by atoms with Gasteiger partial charge >= 0.3 is 0 Å². The summed E-state index contributed by atoms with van der Waals surface area (Å²) in [4.78, 5) is 16.0. The molecule has 7 nitrogen and oxygen atoms in total. The largest absolute Gasteiger partial charge is 0.349 e. The van der Waals surface area contributed by atoms with Crippen molar-refractivity contribution in [3.63, 3.8) is 0 Å². The highest BCUT2D eigenvalue weighted by atomic mass is 16.1. The number of benzene rings is 1. The van der Waals surface area contributed by atoms with Crippen LogP contribution in [-0.2, 0) is 11.3 Å². The Labute approximate surface area is 134 Å². The van der Waals surface area contributed by atoms with Gasteiger partial charge in [0.2, 0.25) is 5.91 Å². The number of nitrogens with one attached hydrogen (secondary N) is 1. The highest BCUT2D eigenvalue weighted by Crippen LogP contribution is 2.20. The van der Waals surface area contributed by atoms with E-state index in [0.29, 0.717) is 13.0 Å². The van der Waals surface area contributed by atoms with Gasteiger partial charge in [-0.2, -0.15) is 10.2 Å². The highest BCUT2D eigenvalue weighted by molar-refractivity contribution is 5.76. The van der Waals surface area contributed by atoms with Crippen LogP contribution in [0.4, 0.5) is 0 Å². The van der Waals surface area contributed by atoms with Crippen LogP contribution in [0, 0.1) is 0 Å². The summed E-state index contributed by atoms with van der Waals surface area (Å²) in [7, 11) is 0. The predicted octanol–water partition coefficient (Wildman–Crippen LogP) is 1.73. The number of hydrogen-bond acceptors (Lipinski definition) is 4. The maximum atomic E-state index is 12.1. The van der Waals surface area contributed by atoms with Crippen LogP contribution in [0.1, 0.15) is 24.9 Å². The van der Waals surface area contributed by atoms with Crippen molar-refractivity contribution in [3.8, 4) is 5.69 Å². The summed E-state index contributed by atoms with van der Waals surface area (Å²) in [5.41, 5.74) is 1.98. The van der Waals surface area contributed by atoms with Crippen molar-refractivity contribution >= 4 is 5.91 Å². The quantitative estimate of drug-likeness (QED) is 0.752. The molecule has 1 aromatic carbocycles. The van der Waals surface area contributed by atoms with Crippen LogP contribution in [-0.4, -0.2) is 30.5 Å². The molecule has 2 aromatic heterocycles. The lowest BCUT2D eigenvalue weighted by Crippen LogP contribution is -2.28. The van der Waals surface area contributed by atoms with Crippen molar-refractivity contribution in [2.75, 3.05) is 0 Å². The molecule has 0 saturated heterocycles. The Bertz CT molecular complexity index is 751. The van der Waals surface area contributed by atoms with Crippen LogP contribution < -0.4 is 5.32 Å². The van der Waals surface area contributed by atoms with Gasteiger partial charge in [0.1, 0.15) is 12.7 Å². The van der Waals surface area contributed by atoms with E-state index >= 15 is 0 Å². The highest BCUT2D eigenvalue weighted by Gasteiger charge is 2.14. The van der Waals surface area contributed by atoms with Gasteiger partial charge in [-0.05, 0) is 24.6 Å². The van der Waals surface area contributed by atoms with Gasteiger partial charge in [-0.25, -0.2) is 9.67 Å². The second-order valence-corrected chi connectivity index (χ2v) is 5.21. The molecule has 0 aliphatic carbocycles. The zero-order valence-corrected chi connectivity index (χ0v) is 12.8. The van der Waals surface area contributed by atoms with E-state index in [0.717, 1.165) is 11.3 Å². The molecule has 118 valence electrons. The fraction of sp³-hybridized carbons (Fsp3) is 0.250. The predicted molar refractivity (Wildman–Crippen MR) is 84.8 cm³/mol. The van der Waals surface area contributed by atoms with E-state index in [4.69, 9.17) is 0 Å². The monoisotopic (exact) mass is 310 g/mol. The van der Waals surface area contributed by atoms with Gasteiger partial charge in [0.15, 0.2) is 0 Å². The second kappa shape index (κ2) is 6.87. The van der Waals surface area contributed by atoms with Crippen LogP contribution in [0.2, 0.25) is 0 Å².